The molecule has 0 fully saturated rings. The molecule has 5 atom stereocenters. The van der Waals surface area contributed by atoms with Gasteiger partial charge < -0.3 is 18.9 Å². The summed E-state index contributed by atoms with van der Waals surface area (Å²) in [6.07, 6.45) is 14.5. The lowest BCUT2D eigenvalue weighted by molar-refractivity contribution is -0.736. The highest BCUT2D eigenvalue weighted by atomic mass is 16.6. The minimum Gasteiger partial charge on any atom is -0.439 e. The fourth-order valence-corrected chi connectivity index (χ4v) is 8.02. The molecule has 0 saturated carbocycles. The van der Waals surface area contributed by atoms with Gasteiger partial charge in [-0.3, -0.25) is 10.3 Å². The van der Waals surface area contributed by atoms with Crippen molar-refractivity contribution >= 4 is 45.0 Å². The summed E-state index contributed by atoms with van der Waals surface area (Å²) in [5.41, 5.74) is 9.51. The second kappa shape index (κ2) is 19.5. The van der Waals surface area contributed by atoms with E-state index in [1.54, 1.807) is 0 Å². The summed E-state index contributed by atoms with van der Waals surface area (Å²) in [7, 11) is 0. The van der Waals surface area contributed by atoms with Gasteiger partial charge in [0.2, 0.25) is 40.8 Å². The number of amides is 1. The lowest BCUT2D eigenvalue weighted by Gasteiger charge is -2.25. The number of aryl methyl sites for hydroxylation is 3. The molecule has 2 N–H and O–H groups in total. The van der Waals surface area contributed by atoms with Crippen molar-refractivity contribution in [2.24, 2.45) is 20.6 Å². The number of fused-ring (bicyclic) bond motifs is 4. The van der Waals surface area contributed by atoms with Gasteiger partial charge in [0.05, 0.1) is 29.5 Å². The van der Waals surface area contributed by atoms with Crippen LogP contribution in [0.15, 0.2) is 111 Å². The van der Waals surface area contributed by atoms with Gasteiger partial charge in [-0.15, -0.1) is 9.39 Å². The number of pyridine rings is 1. The predicted molar refractivity (Wildman–Crippen MR) is 239 cm³/mol. The first-order valence-electron chi connectivity index (χ1n) is 22.0. The molecular formula is C47H58N11O5+3. The zero-order chi connectivity index (χ0) is 44.0. The maximum atomic E-state index is 13.8. The van der Waals surface area contributed by atoms with Crippen molar-refractivity contribution in [3.05, 3.63) is 107 Å². The lowest BCUT2D eigenvalue weighted by Crippen LogP contribution is -2.47. The van der Waals surface area contributed by atoms with E-state index < -0.39 is 24.5 Å². The number of ether oxygens (including phenoxy) is 4. The Labute approximate surface area is 367 Å². The molecule has 0 saturated heterocycles. The van der Waals surface area contributed by atoms with Crippen molar-refractivity contribution in [1.29, 1.82) is 0 Å². The second-order valence-electron chi connectivity index (χ2n) is 16.5. The Morgan fingerprint density at radius 2 is 1.54 bits per heavy atom. The summed E-state index contributed by atoms with van der Waals surface area (Å²) in [6.45, 7) is 15.3. The van der Waals surface area contributed by atoms with Crippen molar-refractivity contribution < 1.29 is 37.8 Å². The van der Waals surface area contributed by atoms with Crippen molar-refractivity contribution in [3.63, 3.8) is 0 Å². The Hall–Kier alpha value is -6.10. The van der Waals surface area contributed by atoms with Crippen LogP contribution in [0.2, 0.25) is 0 Å². The van der Waals surface area contributed by atoms with Crippen LogP contribution in [0, 0.1) is 13.8 Å². The number of allylic oxidation sites excluding steroid dienone is 4. The van der Waals surface area contributed by atoms with Crippen LogP contribution in [0.25, 0.3) is 21.8 Å². The molecule has 8 rings (SSSR count). The molecular weight excluding hydrogens is 799 g/mol. The van der Waals surface area contributed by atoms with Crippen molar-refractivity contribution in [3.8, 4) is 0 Å². The summed E-state index contributed by atoms with van der Waals surface area (Å²) >= 11 is 0. The standard InChI is InChI=1S/C47H56N11O5/c1-8-32-11-16-40-43(19-32)56(53-50-40)24-36(26-62-46(28-60-29(4)5)58-45-21-34(10-3)13-18-42(45)52-55-58)61-27-37(25-57-44-20-33(9-2)12-17-41(44)51-54-57)63-47(59)49-35-14-15-38-31(7)48-23-30(6)39(38)22-35/h11-23,29,36-37,43,45-46H,8-10,24-28H2,1-7H3/q+1/p+2. The highest BCUT2D eigenvalue weighted by Crippen LogP contribution is 2.26. The van der Waals surface area contributed by atoms with Crippen LogP contribution in [0.5, 0.6) is 0 Å². The Morgan fingerprint density at radius 3 is 2.30 bits per heavy atom. The molecule has 5 unspecified atom stereocenters. The Morgan fingerprint density at radius 1 is 0.794 bits per heavy atom. The molecule has 2 aliphatic heterocycles. The van der Waals surface area contributed by atoms with Gasteiger partial charge in [0, 0.05) is 28.1 Å². The fourth-order valence-electron chi connectivity index (χ4n) is 8.02. The van der Waals surface area contributed by atoms with E-state index in [0.717, 1.165) is 69.3 Å². The predicted octanol–water partition coefficient (Wildman–Crippen LogP) is 7.57. The SMILES string of the molecule is CCC1=CC2C(=NN=[N+]2CC(COC(COC(C)C)[N+]2=NN=C3C=CC(CC)=CC32)OCC(C[n+]2[nH]nc3ccc(CC)cc32)OC(=O)Nc2ccc3c(C)ncc(C)c3c2)C=C1. The summed E-state index contributed by atoms with van der Waals surface area (Å²) in [6, 6.07) is 11.6. The van der Waals surface area contributed by atoms with E-state index in [9.17, 15) is 4.79 Å². The van der Waals surface area contributed by atoms with Crippen molar-refractivity contribution in [2.45, 2.75) is 111 Å². The molecule has 16 nitrogen and oxygen atoms in total. The summed E-state index contributed by atoms with van der Waals surface area (Å²) in [5.74, 6) is 0. The maximum Gasteiger partial charge on any atom is 0.412 e. The smallest absolute Gasteiger partial charge is 0.412 e. The van der Waals surface area contributed by atoms with Gasteiger partial charge in [0.25, 0.3) is 0 Å². The van der Waals surface area contributed by atoms with Crippen molar-refractivity contribution in [2.75, 3.05) is 31.7 Å². The minimum atomic E-state index is -0.761. The van der Waals surface area contributed by atoms with Gasteiger partial charge in [-0.1, -0.05) is 50.3 Å². The van der Waals surface area contributed by atoms with Gasteiger partial charge in [-0.2, -0.15) is 4.68 Å². The van der Waals surface area contributed by atoms with Gasteiger partial charge >= 0.3 is 6.09 Å². The molecule has 328 valence electrons. The maximum absolute atomic E-state index is 13.8. The quantitative estimate of drug-likeness (QED) is 0.0918. The molecule has 2 aromatic carbocycles. The number of carbonyl (C=O) groups is 1. The number of benzene rings is 2. The highest BCUT2D eigenvalue weighted by molar-refractivity contribution is 6.02. The van der Waals surface area contributed by atoms with E-state index in [4.69, 9.17) is 18.9 Å². The van der Waals surface area contributed by atoms with Crippen LogP contribution in [0.4, 0.5) is 10.5 Å². The van der Waals surface area contributed by atoms with Crippen LogP contribution in [0.1, 0.15) is 64.3 Å². The first kappa shape index (κ1) is 43.5. The Kier molecular flexibility index (Phi) is 13.5. The molecule has 1 amide bonds. The third-order valence-electron chi connectivity index (χ3n) is 11.7. The molecule has 16 heteroatoms. The highest BCUT2D eigenvalue weighted by Gasteiger charge is 2.40. The van der Waals surface area contributed by atoms with Crippen LogP contribution >= 0.6 is 0 Å². The van der Waals surface area contributed by atoms with E-state index in [0.29, 0.717) is 12.2 Å². The first-order valence-corrected chi connectivity index (χ1v) is 22.0. The Bertz CT molecular complexity index is 2620. The van der Waals surface area contributed by atoms with Gasteiger partial charge in [-0.25, -0.2) is 4.79 Å². The third kappa shape index (κ3) is 10.1. The third-order valence-corrected chi connectivity index (χ3v) is 11.7. The van der Waals surface area contributed by atoms with E-state index in [1.807, 2.05) is 84.4 Å². The molecule has 2 aliphatic carbocycles. The van der Waals surface area contributed by atoms with Crippen LogP contribution in [0.3, 0.4) is 0 Å². The monoisotopic (exact) mass is 856 g/mol. The van der Waals surface area contributed by atoms with Crippen molar-refractivity contribution in [1.82, 2.24) is 15.3 Å². The average Bonchev–Trinajstić information content (AvgIpc) is 4.02. The summed E-state index contributed by atoms with van der Waals surface area (Å²) in [4.78, 5) is 18.3. The van der Waals surface area contributed by atoms with Gasteiger partial charge in [-0.05, 0) is 123 Å². The fraction of sp³-hybridized carbons (Fsp3) is 0.447. The van der Waals surface area contributed by atoms with E-state index in [-0.39, 0.29) is 44.6 Å². The van der Waals surface area contributed by atoms with E-state index in [2.05, 4.69) is 98.5 Å². The number of rotatable bonds is 19. The molecule has 0 bridgehead atoms. The zero-order valence-electron chi connectivity index (χ0n) is 37.2. The molecule has 63 heavy (non-hydrogen) atoms. The van der Waals surface area contributed by atoms with Crippen LogP contribution in [-0.2, 0) is 31.9 Å². The zero-order valence-corrected chi connectivity index (χ0v) is 37.2. The molecule has 0 spiro atoms. The number of nitrogens with one attached hydrogen (secondary N) is 2. The largest absolute Gasteiger partial charge is 0.439 e. The first-order chi connectivity index (χ1) is 30.6. The normalized spacial score (nSPS) is 19.2. The number of aromatic nitrogens is 4. The number of hydrogen-bond acceptors (Lipinski definition) is 11. The number of nitrogens with zero attached hydrogens (tertiary/aromatic N) is 9. The average molecular weight is 857 g/mol. The molecule has 4 aromatic rings. The van der Waals surface area contributed by atoms with E-state index >= 15 is 0 Å². The lowest BCUT2D eigenvalue weighted by atomic mass is 9.99. The van der Waals surface area contributed by atoms with Crippen LogP contribution in [-0.4, -0.2) is 105 Å². The molecule has 0 radical (unpaired) electrons. The summed E-state index contributed by atoms with van der Waals surface area (Å²) in [5, 5.41) is 30.8. The number of carbonyl (C=O) groups excluding carboxylic acids is 1. The number of anilines is 1. The topological polar surface area (TPSA) is 167 Å². The molecule has 2 aromatic heterocycles. The van der Waals surface area contributed by atoms with Gasteiger partial charge in [0.1, 0.15) is 29.7 Å². The molecule has 4 heterocycles. The Balaban J connectivity index is 1.05. The minimum absolute atomic E-state index is 0.0246. The van der Waals surface area contributed by atoms with E-state index in [1.165, 1.54) is 11.1 Å². The summed E-state index contributed by atoms with van der Waals surface area (Å²) < 4.78 is 31.6. The number of H-pyrrole nitrogens is 1. The van der Waals surface area contributed by atoms with Gasteiger partial charge in [0.15, 0.2) is 12.6 Å². The van der Waals surface area contributed by atoms with Crippen LogP contribution < -0.4 is 10.00 Å². The second-order valence-corrected chi connectivity index (χ2v) is 16.5. The number of aromatic amines is 1. The number of hydrogen-bond donors (Lipinski definition) is 2. The molecule has 4 aliphatic rings.